The van der Waals surface area contributed by atoms with Crippen molar-refractivity contribution in [3.8, 4) is 5.75 Å². The van der Waals surface area contributed by atoms with Crippen LogP contribution in [-0.2, 0) is 4.79 Å². The average molecular weight is 432 g/mol. The molecule has 1 aliphatic rings. The van der Waals surface area contributed by atoms with E-state index in [1.54, 1.807) is 12.1 Å². The number of benzene rings is 3. The molecule has 9 heteroatoms. The molecule has 0 bridgehead atoms. The fourth-order valence-electron chi connectivity index (χ4n) is 3.83. The number of amides is 2. The lowest BCUT2D eigenvalue weighted by atomic mass is 10.0. The molecule has 0 spiro atoms. The third-order valence-electron chi connectivity index (χ3n) is 5.46. The van der Waals surface area contributed by atoms with Gasteiger partial charge in [-0.1, -0.05) is 30.3 Å². The molecule has 3 aromatic rings. The Morgan fingerprint density at radius 1 is 1.12 bits per heavy atom. The van der Waals surface area contributed by atoms with Crippen LogP contribution in [0.2, 0.25) is 0 Å². The molecule has 1 atom stereocenters. The van der Waals surface area contributed by atoms with Gasteiger partial charge in [-0.3, -0.25) is 19.7 Å². The molecule has 1 saturated heterocycles. The summed E-state index contributed by atoms with van der Waals surface area (Å²) in [6.07, 6.45) is 2.53. The molecule has 0 saturated carbocycles. The molecular formula is C23H20N4O5. The number of phenols is 1. The summed E-state index contributed by atoms with van der Waals surface area (Å²) in [5.74, 6) is -0.764. The standard InChI is InChI=1S/C23H20N4O5/c28-21-12-9-15-4-1-2-5-18(15)19(21)14-24-25-22(29)20-6-3-13-26(20)23(30)16-7-10-17(11-8-16)27(31)32/h1-2,4-5,7-12,14,20,28H,3,6,13H2,(H,25,29)/b24-14+. The van der Waals surface area contributed by atoms with E-state index < -0.39 is 16.9 Å². The maximum atomic E-state index is 12.8. The first-order valence-corrected chi connectivity index (χ1v) is 10.0. The summed E-state index contributed by atoms with van der Waals surface area (Å²) in [6.45, 7) is 0.404. The van der Waals surface area contributed by atoms with Gasteiger partial charge in [-0.05, 0) is 41.8 Å². The quantitative estimate of drug-likeness (QED) is 0.364. The Balaban J connectivity index is 1.47. The second-order valence-electron chi connectivity index (χ2n) is 7.41. The van der Waals surface area contributed by atoms with Gasteiger partial charge in [-0.2, -0.15) is 5.10 Å². The van der Waals surface area contributed by atoms with Gasteiger partial charge >= 0.3 is 0 Å². The first-order chi connectivity index (χ1) is 15.5. The zero-order chi connectivity index (χ0) is 22.7. The summed E-state index contributed by atoms with van der Waals surface area (Å²) in [6, 6.07) is 15.4. The highest BCUT2D eigenvalue weighted by Gasteiger charge is 2.34. The maximum absolute atomic E-state index is 12.8. The lowest BCUT2D eigenvalue weighted by Crippen LogP contribution is -2.44. The van der Waals surface area contributed by atoms with Crippen LogP contribution in [0.5, 0.6) is 5.75 Å². The van der Waals surface area contributed by atoms with Gasteiger partial charge in [-0.15, -0.1) is 0 Å². The van der Waals surface area contributed by atoms with Crippen LogP contribution in [0.25, 0.3) is 10.8 Å². The lowest BCUT2D eigenvalue weighted by molar-refractivity contribution is -0.384. The van der Waals surface area contributed by atoms with E-state index >= 15 is 0 Å². The molecule has 0 aliphatic carbocycles. The number of carbonyl (C=O) groups excluding carboxylic acids is 2. The molecule has 1 heterocycles. The molecule has 32 heavy (non-hydrogen) atoms. The number of aromatic hydroxyl groups is 1. The molecule has 3 aromatic carbocycles. The highest BCUT2D eigenvalue weighted by molar-refractivity contribution is 6.03. The van der Waals surface area contributed by atoms with E-state index in [9.17, 15) is 24.8 Å². The molecule has 4 rings (SSSR count). The largest absolute Gasteiger partial charge is 0.507 e. The molecule has 0 aromatic heterocycles. The molecule has 2 N–H and O–H groups in total. The molecule has 9 nitrogen and oxygen atoms in total. The molecule has 0 radical (unpaired) electrons. The van der Waals surface area contributed by atoms with E-state index in [0.29, 0.717) is 24.9 Å². The average Bonchev–Trinajstić information content (AvgIpc) is 3.30. The van der Waals surface area contributed by atoms with Crippen LogP contribution in [0.1, 0.15) is 28.8 Å². The normalized spacial score (nSPS) is 15.9. The minimum absolute atomic E-state index is 0.0394. The van der Waals surface area contributed by atoms with Crippen LogP contribution in [0.4, 0.5) is 5.69 Å². The Bertz CT molecular complexity index is 1220. The smallest absolute Gasteiger partial charge is 0.269 e. The number of nitrogens with zero attached hydrogens (tertiary/aromatic N) is 3. The van der Waals surface area contributed by atoms with Gasteiger partial charge in [0.05, 0.1) is 11.1 Å². The van der Waals surface area contributed by atoms with Crippen molar-refractivity contribution in [1.29, 1.82) is 0 Å². The van der Waals surface area contributed by atoms with Crippen molar-refractivity contribution in [2.75, 3.05) is 6.54 Å². The van der Waals surface area contributed by atoms with Crippen LogP contribution in [0.3, 0.4) is 0 Å². The van der Waals surface area contributed by atoms with Gasteiger partial charge in [-0.25, -0.2) is 5.43 Å². The van der Waals surface area contributed by atoms with Gasteiger partial charge in [0.2, 0.25) is 0 Å². The Hall–Kier alpha value is -4.27. The van der Waals surface area contributed by atoms with E-state index in [0.717, 1.165) is 10.8 Å². The third kappa shape index (κ3) is 4.13. The maximum Gasteiger partial charge on any atom is 0.269 e. The number of hydrogen-bond donors (Lipinski definition) is 2. The molecule has 162 valence electrons. The number of rotatable bonds is 5. The fraction of sp³-hybridized carbons (Fsp3) is 0.174. The first-order valence-electron chi connectivity index (χ1n) is 10.0. The number of hydrogen-bond acceptors (Lipinski definition) is 6. The molecule has 1 fully saturated rings. The number of nitro groups is 1. The summed E-state index contributed by atoms with van der Waals surface area (Å²) in [7, 11) is 0. The van der Waals surface area contributed by atoms with Gasteiger partial charge in [0, 0.05) is 29.8 Å². The van der Waals surface area contributed by atoms with Gasteiger partial charge in [0.1, 0.15) is 11.8 Å². The zero-order valence-electron chi connectivity index (χ0n) is 17.0. The van der Waals surface area contributed by atoms with E-state index in [-0.39, 0.29) is 22.9 Å². The highest BCUT2D eigenvalue weighted by atomic mass is 16.6. The van der Waals surface area contributed by atoms with Crippen molar-refractivity contribution in [2.24, 2.45) is 5.10 Å². The van der Waals surface area contributed by atoms with Crippen molar-refractivity contribution in [3.63, 3.8) is 0 Å². The topological polar surface area (TPSA) is 125 Å². The molecular weight excluding hydrogens is 412 g/mol. The number of phenolic OH excluding ortho intramolecular Hbond substituents is 1. The van der Waals surface area contributed by atoms with Crippen LogP contribution in [0.15, 0.2) is 65.8 Å². The number of carbonyl (C=O) groups is 2. The second kappa shape index (κ2) is 8.84. The number of hydrazone groups is 1. The summed E-state index contributed by atoms with van der Waals surface area (Å²) >= 11 is 0. The van der Waals surface area contributed by atoms with E-state index in [2.05, 4.69) is 10.5 Å². The SMILES string of the molecule is O=C(N/N=C/c1c(O)ccc2ccccc12)C1CCCN1C(=O)c1ccc([N+](=O)[O-])cc1. The van der Waals surface area contributed by atoms with Gasteiger partial charge in [0.15, 0.2) is 0 Å². The van der Waals surface area contributed by atoms with Crippen LogP contribution >= 0.6 is 0 Å². The highest BCUT2D eigenvalue weighted by Crippen LogP contribution is 2.25. The number of nitrogens with one attached hydrogen (secondary N) is 1. The van der Waals surface area contributed by atoms with Crippen molar-refractivity contribution in [3.05, 3.63) is 81.9 Å². The van der Waals surface area contributed by atoms with E-state index in [1.165, 1.54) is 35.4 Å². The first kappa shape index (κ1) is 21.0. The fourth-order valence-corrected chi connectivity index (χ4v) is 3.83. The monoisotopic (exact) mass is 432 g/mol. The summed E-state index contributed by atoms with van der Waals surface area (Å²) in [5.41, 5.74) is 3.11. The van der Waals surface area contributed by atoms with Crippen molar-refractivity contribution in [1.82, 2.24) is 10.3 Å². The minimum Gasteiger partial charge on any atom is -0.507 e. The van der Waals surface area contributed by atoms with Crippen molar-refractivity contribution in [2.45, 2.75) is 18.9 Å². The van der Waals surface area contributed by atoms with Crippen molar-refractivity contribution < 1.29 is 19.6 Å². The van der Waals surface area contributed by atoms with Crippen LogP contribution in [0, 0.1) is 10.1 Å². The minimum atomic E-state index is -0.698. The van der Waals surface area contributed by atoms with Gasteiger partial charge < -0.3 is 10.0 Å². The summed E-state index contributed by atoms with van der Waals surface area (Å²) < 4.78 is 0. The molecule has 2 amide bonds. The number of nitro benzene ring substituents is 1. The number of likely N-dealkylation sites (tertiary alicyclic amines) is 1. The zero-order valence-corrected chi connectivity index (χ0v) is 17.0. The number of non-ortho nitro benzene ring substituents is 1. The lowest BCUT2D eigenvalue weighted by Gasteiger charge is -2.23. The third-order valence-corrected chi connectivity index (χ3v) is 5.46. The van der Waals surface area contributed by atoms with Crippen LogP contribution in [-0.4, -0.2) is 45.5 Å². The Morgan fingerprint density at radius 3 is 2.62 bits per heavy atom. The van der Waals surface area contributed by atoms with Gasteiger partial charge in [0.25, 0.3) is 17.5 Å². The van der Waals surface area contributed by atoms with Crippen molar-refractivity contribution >= 4 is 34.5 Å². The second-order valence-corrected chi connectivity index (χ2v) is 7.41. The predicted molar refractivity (Wildman–Crippen MR) is 119 cm³/mol. The van der Waals surface area contributed by atoms with Crippen LogP contribution < -0.4 is 5.43 Å². The molecule has 1 unspecified atom stereocenters. The van der Waals surface area contributed by atoms with E-state index in [1.807, 2.05) is 24.3 Å². The summed E-state index contributed by atoms with van der Waals surface area (Å²) in [5, 5.41) is 26.7. The molecule has 1 aliphatic heterocycles. The Kier molecular flexibility index (Phi) is 5.80. The van der Waals surface area contributed by atoms with E-state index in [4.69, 9.17) is 0 Å². The predicted octanol–water partition coefficient (Wildman–Crippen LogP) is 3.21. The number of fused-ring (bicyclic) bond motifs is 1. The Labute approximate surface area is 183 Å². The summed E-state index contributed by atoms with van der Waals surface area (Å²) in [4.78, 5) is 37.3. The Morgan fingerprint density at radius 2 is 1.88 bits per heavy atom.